The summed E-state index contributed by atoms with van der Waals surface area (Å²) in [4.78, 5) is 23.0. The Labute approximate surface area is 125 Å². The van der Waals surface area contributed by atoms with Gasteiger partial charge < -0.3 is 10.4 Å². The molecule has 0 aliphatic heterocycles. The van der Waals surface area contributed by atoms with Crippen LogP contribution < -0.4 is 10.6 Å². The van der Waals surface area contributed by atoms with Crippen LogP contribution in [0.3, 0.4) is 0 Å². The molecule has 0 radical (unpaired) electrons. The third-order valence-corrected chi connectivity index (χ3v) is 3.39. The van der Waals surface area contributed by atoms with E-state index in [9.17, 15) is 14.7 Å². The highest BCUT2D eigenvalue weighted by molar-refractivity contribution is 7.15. The summed E-state index contributed by atoms with van der Waals surface area (Å²) in [6.07, 6.45) is 0.207. The molecule has 7 nitrogen and oxygen atoms in total. The number of aromatic nitrogens is 2. The second-order valence-corrected chi connectivity index (χ2v) is 5.49. The third-order valence-electron chi connectivity index (χ3n) is 2.63. The molecule has 2 rings (SSSR count). The molecule has 2 amide bonds. The molecular weight excluding hydrogens is 292 g/mol. The minimum atomic E-state index is -1.09. The van der Waals surface area contributed by atoms with Gasteiger partial charge in [-0.2, -0.15) is 0 Å². The summed E-state index contributed by atoms with van der Waals surface area (Å²) in [5.74, 6) is -1.09. The molecule has 0 saturated carbocycles. The van der Waals surface area contributed by atoms with Gasteiger partial charge in [0.25, 0.3) is 0 Å². The average Bonchev–Trinajstić information content (AvgIpc) is 2.84. The van der Waals surface area contributed by atoms with Crippen molar-refractivity contribution in [1.29, 1.82) is 0 Å². The Morgan fingerprint density at radius 1 is 1.29 bits per heavy atom. The standard InChI is InChI=1S/C13H14N4O3S/c1-8-16-17-13(21-8)15-12(20)14-10(11(18)19)7-9-5-3-2-4-6-9/h2-6,10H,7H2,1H3,(H,18,19)(H2,14,15,17,20)/t10-/m1/s1. The van der Waals surface area contributed by atoms with Gasteiger partial charge in [0.2, 0.25) is 5.13 Å². The molecule has 2 aromatic rings. The first-order valence-electron chi connectivity index (χ1n) is 6.19. The van der Waals surface area contributed by atoms with E-state index in [4.69, 9.17) is 0 Å². The maximum Gasteiger partial charge on any atom is 0.326 e. The number of hydrogen-bond acceptors (Lipinski definition) is 5. The van der Waals surface area contributed by atoms with Gasteiger partial charge in [0.1, 0.15) is 11.0 Å². The first kappa shape index (κ1) is 14.9. The number of nitrogens with one attached hydrogen (secondary N) is 2. The summed E-state index contributed by atoms with van der Waals surface area (Å²) in [6.45, 7) is 1.76. The number of rotatable bonds is 5. The summed E-state index contributed by atoms with van der Waals surface area (Å²) >= 11 is 1.21. The predicted octanol–water partition coefficient (Wildman–Crippen LogP) is 1.66. The lowest BCUT2D eigenvalue weighted by Gasteiger charge is -2.14. The van der Waals surface area contributed by atoms with Crippen LogP contribution in [0.5, 0.6) is 0 Å². The molecule has 0 aliphatic carbocycles. The second-order valence-electron chi connectivity index (χ2n) is 4.31. The van der Waals surface area contributed by atoms with Gasteiger partial charge in [0.15, 0.2) is 0 Å². The van der Waals surface area contributed by atoms with Crippen LogP contribution in [0.1, 0.15) is 10.6 Å². The smallest absolute Gasteiger partial charge is 0.326 e. The Balaban J connectivity index is 1.96. The van der Waals surface area contributed by atoms with Gasteiger partial charge in [-0.3, -0.25) is 5.32 Å². The van der Waals surface area contributed by atoms with E-state index in [1.807, 2.05) is 30.3 Å². The maximum absolute atomic E-state index is 11.8. The molecule has 0 unspecified atom stereocenters. The van der Waals surface area contributed by atoms with E-state index in [-0.39, 0.29) is 6.42 Å². The monoisotopic (exact) mass is 306 g/mol. The van der Waals surface area contributed by atoms with Crippen LogP contribution in [0.4, 0.5) is 9.93 Å². The number of aliphatic carboxylic acids is 1. The lowest BCUT2D eigenvalue weighted by molar-refractivity contribution is -0.139. The fourth-order valence-electron chi connectivity index (χ4n) is 1.69. The lowest BCUT2D eigenvalue weighted by Crippen LogP contribution is -2.44. The predicted molar refractivity (Wildman–Crippen MR) is 78.4 cm³/mol. The molecule has 1 atom stereocenters. The zero-order valence-electron chi connectivity index (χ0n) is 11.2. The van der Waals surface area contributed by atoms with Crippen LogP contribution in [-0.2, 0) is 11.2 Å². The number of carboxylic acid groups (broad SMARTS) is 1. The van der Waals surface area contributed by atoms with Crippen molar-refractivity contribution in [2.24, 2.45) is 0 Å². The highest BCUT2D eigenvalue weighted by atomic mass is 32.1. The van der Waals surface area contributed by atoms with E-state index in [2.05, 4.69) is 20.8 Å². The van der Waals surface area contributed by atoms with Crippen molar-refractivity contribution in [3.05, 3.63) is 40.9 Å². The number of anilines is 1. The first-order chi connectivity index (χ1) is 10.0. The van der Waals surface area contributed by atoms with Crippen molar-refractivity contribution in [2.75, 3.05) is 5.32 Å². The Bertz CT molecular complexity index is 629. The normalized spacial score (nSPS) is 11.7. The maximum atomic E-state index is 11.8. The van der Waals surface area contributed by atoms with Gasteiger partial charge in [-0.1, -0.05) is 41.7 Å². The fourth-order valence-corrected chi connectivity index (χ4v) is 2.28. The van der Waals surface area contributed by atoms with Crippen LogP contribution in [0.2, 0.25) is 0 Å². The minimum Gasteiger partial charge on any atom is -0.480 e. The Kier molecular flexibility index (Phi) is 4.83. The Hall–Kier alpha value is -2.48. The van der Waals surface area contributed by atoms with E-state index in [0.717, 1.165) is 5.56 Å². The van der Waals surface area contributed by atoms with Gasteiger partial charge in [0, 0.05) is 6.42 Å². The van der Waals surface area contributed by atoms with Crippen LogP contribution in [-0.4, -0.2) is 33.3 Å². The van der Waals surface area contributed by atoms with Crippen LogP contribution >= 0.6 is 11.3 Å². The van der Waals surface area contributed by atoms with Crippen molar-refractivity contribution in [3.63, 3.8) is 0 Å². The van der Waals surface area contributed by atoms with Crippen molar-refractivity contribution >= 4 is 28.5 Å². The number of hydrogen-bond donors (Lipinski definition) is 3. The Morgan fingerprint density at radius 3 is 2.57 bits per heavy atom. The number of benzene rings is 1. The lowest BCUT2D eigenvalue weighted by atomic mass is 10.1. The quantitative estimate of drug-likeness (QED) is 0.779. The molecule has 1 aromatic heterocycles. The van der Waals surface area contributed by atoms with Crippen LogP contribution in [0, 0.1) is 6.92 Å². The summed E-state index contributed by atoms with van der Waals surface area (Å²) in [5.41, 5.74) is 0.831. The largest absolute Gasteiger partial charge is 0.480 e. The molecule has 110 valence electrons. The van der Waals surface area contributed by atoms with Gasteiger partial charge in [-0.05, 0) is 12.5 Å². The van der Waals surface area contributed by atoms with E-state index in [0.29, 0.717) is 10.1 Å². The molecule has 8 heteroatoms. The van der Waals surface area contributed by atoms with E-state index < -0.39 is 18.0 Å². The summed E-state index contributed by atoms with van der Waals surface area (Å²) in [6, 6.07) is 7.47. The van der Waals surface area contributed by atoms with E-state index >= 15 is 0 Å². The molecule has 0 fully saturated rings. The average molecular weight is 306 g/mol. The number of carboxylic acids is 1. The van der Waals surface area contributed by atoms with Gasteiger partial charge in [-0.25, -0.2) is 9.59 Å². The van der Waals surface area contributed by atoms with Crippen molar-refractivity contribution in [1.82, 2.24) is 15.5 Å². The highest BCUT2D eigenvalue weighted by Gasteiger charge is 2.20. The number of urea groups is 1. The molecular formula is C13H14N4O3S. The summed E-state index contributed by atoms with van der Waals surface area (Å²) in [7, 11) is 0. The van der Waals surface area contributed by atoms with Crippen molar-refractivity contribution < 1.29 is 14.7 Å². The number of nitrogens with zero attached hydrogens (tertiary/aromatic N) is 2. The third kappa shape index (κ3) is 4.53. The van der Waals surface area contributed by atoms with Crippen LogP contribution in [0.15, 0.2) is 30.3 Å². The topological polar surface area (TPSA) is 104 Å². The highest BCUT2D eigenvalue weighted by Crippen LogP contribution is 2.13. The molecule has 0 spiro atoms. The molecule has 1 aromatic carbocycles. The molecule has 0 bridgehead atoms. The van der Waals surface area contributed by atoms with Crippen LogP contribution in [0.25, 0.3) is 0 Å². The SMILES string of the molecule is Cc1nnc(NC(=O)N[C@H](Cc2ccccc2)C(=O)O)s1. The number of aryl methyl sites for hydroxylation is 1. The molecule has 0 aliphatic rings. The molecule has 21 heavy (non-hydrogen) atoms. The Morgan fingerprint density at radius 2 is 2.00 bits per heavy atom. The first-order valence-corrected chi connectivity index (χ1v) is 7.00. The second kappa shape index (κ2) is 6.80. The summed E-state index contributed by atoms with van der Waals surface area (Å²) < 4.78 is 0. The van der Waals surface area contributed by atoms with Gasteiger partial charge in [0.05, 0.1) is 0 Å². The van der Waals surface area contributed by atoms with Gasteiger partial charge >= 0.3 is 12.0 Å². The van der Waals surface area contributed by atoms with Crippen molar-refractivity contribution in [2.45, 2.75) is 19.4 Å². The number of carbonyl (C=O) groups excluding carboxylic acids is 1. The van der Waals surface area contributed by atoms with Gasteiger partial charge in [-0.15, -0.1) is 10.2 Å². The number of carbonyl (C=O) groups is 2. The molecule has 1 heterocycles. The fraction of sp³-hybridized carbons (Fsp3) is 0.231. The van der Waals surface area contributed by atoms with E-state index in [1.165, 1.54) is 11.3 Å². The van der Waals surface area contributed by atoms with Crippen molar-refractivity contribution in [3.8, 4) is 0 Å². The summed E-state index contributed by atoms with van der Waals surface area (Å²) in [5, 5.41) is 22.6. The minimum absolute atomic E-state index is 0.207. The van der Waals surface area contributed by atoms with E-state index in [1.54, 1.807) is 6.92 Å². The zero-order chi connectivity index (χ0) is 15.2. The zero-order valence-corrected chi connectivity index (χ0v) is 12.1. The molecule has 3 N–H and O–H groups in total. The molecule has 0 saturated heterocycles. The number of amides is 2.